The fourth-order valence-corrected chi connectivity index (χ4v) is 1.36. The third kappa shape index (κ3) is 3.54. The summed E-state index contributed by atoms with van der Waals surface area (Å²) in [5.74, 6) is 0. The van der Waals surface area contributed by atoms with Crippen molar-refractivity contribution in [3.05, 3.63) is 0 Å². The molecule has 0 aromatic heterocycles. The monoisotopic (exact) mass is 200 g/mol. The van der Waals surface area contributed by atoms with Gasteiger partial charge in [0, 0.05) is 26.2 Å². The average molecular weight is 200 g/mol. The Labute approximate surface area is 85.6 Å². The Balaban J connectivity index is 2.28. The maximum atomic E-state index is 11.6. The van der Waals surface area contributed by atoms with Gasteiger partial charge in [0.2, 0.25) is 0 Å². The number of methoxy groups -OCH3 is 1. The van der Waals surface area contributed by atoms with E-state index in [4.69, 9.17) is 4.74 Å². The summed E-state index contributed by atoms with van der Waals surface area (Å²) in [7, 11) is 1.66. The molecule has 1 aliphatic rings. The number of hydrogen-bond acceptors (Lipinski definition) is 2. The maximum Gasteiger partial charge on any atom is 0.317 e. The van der Waals surface area contributed by atoms with Crippen LogP contribution in [0.15, 0.2) is 0 Å². The van der Waals surface area contributed by atoms with E-state index in [1.165, 1.54) is 0 Å². The highest BCUT2D eigenvalue weighted by Crippen LogP contribution is 2.26. The highest BCUT2D eigenvalue weighted by atomic mass is 16.5. The van der Waals surface area contributed by atoms with E-state index in [1.807, 2.05) is 4.90 Å². The summed E-state index contributed by atoms with van der Waals surface area (Å²) in [4.78, 5) is 13.5. The Hall–Kier alpha value is -0.770. The van der Waals surface area contributed by atoms with Crippen LogP contribution in [0.4, 0.5) is 4.79 Å². The van der Waals surface area contributed by atoms with Gasteiger partial charge in [-0.2, -0.15) is 0 Å². The molecule has 0 unspecified atom stereocenters. The molecule has 82 valence electrons. The number of nitrogens with one attached hydrogen (secondary N) is 1. The molecule has 1 aliphatic carbocycles. The van der Waals surface area contributed by atoms with Crippen LogP contribution in [0.25, 0.3) is 0 Å². The minimum atomic E-state index is 0.0615. The first-order chi connectivity index (χ1) is 6.79. The van der Waals surface area contributed by atoms with Crippen molar-refractivity contribution in [1.29, 1.82) is 0 Å². The molecule has 1 fully saturated rings. The highest BCUT2D eigenvalue weighted by Gasteiger charge is 2.31. The molecule has 4 heteroatoms. The lowest BCUT2D eigenvalue weighted by molar-refractivity contribution is 0.146. The molecule has 1 rings (SSSR count). The predicted molar refractivity (Wildman–Crippen MR) is 55.3 cm³/mol. The van der Waals surface area contributed by atoms with Crippen molar-refractivity contribution < 1.29 is 9.53 Å². The summed E-state index contributed by atoms with van der Waals surface area (Å²) < 4.78 is 4.98. The summed E-state index contributed by atoms with van der Waals surface area (Å²) in [6.45, 7) is 4.14. The molecule has 0 aromatic rings. The van der Waals surface area contributed by atoms with Gasteiger partial charge in [-0.3, -0.25) is 0 Å². The summed E-state index contributed by atoms with van der Waals surface area (Å²) in [6.07, 6.45) is 3.26. The molecule has 0 saturated heterocycles. The van der Waals surface area contributed by atoms with E-state index in [-0.39, 0.29) is 6.03 Å². The molecular formula is C10H20N2O2. The second kappa shape index (κ2) is 5.86. The number of rotatable bonds is 6. The minimum Gasteiger partial charge on any atom is -0.383 e. The van der Waals surface area contributed by atoms with E-state index >= 15 is 0 Å². The molecule has 2 amide bonds. The quantitative estimate of drug-likeness (QED) is 0.700. The Morgan fingerprint density at radius 3 is 2.79 bits per heavy atom. The summed E-state index contributed by atoms with van der Waals surface area (Å²) >= 11 is 0. The van der Waals surface area contributed by atoms with E-state index in [0.717, 1.165) is 25.8 Å². The number of carbonyl (C=O) groups excluding carboxylic acids is 1. The van der Waals surface area contributed by atoms with Crippen LogP contribution in [-0.4, -0.2) is 43.8 Å². The number of ether oxygens (including phenoxy) is 1. The lowest BCUT2D eigenvalue weighted by atomic mass is 10.4. The standard InChI is InChI=1S/C10H20N2O2/c1-3-6-11-10(13)12(7-8-14-2)9-4-5-9/h9H,3-8H2,1-2H3,(H,11,13). The molecule has 0 aromatic carbocycles. The van der Waals surface area contributed by atoms with Crippen molar-refractivity contribution in [2.45, 2.75) is 32.2 Å². The lowest BCUT2D eigenvalue weighted by Gasteiger charge is -2.22. The molecule has 0 radical (unpaired) electrons. The highest BCUT2D eigenvalue weighted by molar-refractivity contribution is 5.74. The van der Waals surface area contributed by atoms with Gasteiger partial charge < -0.3 is 15.0 Å². The van der Waals surface area contributed by atoms with Crippen LogP contribution < -0.4 is 5.32 Å². The van der Waals surface area contributed by atoms with Gasteiger partial charge in [-0.15, -0.1) is 0 Å². The number of hydrogen-bond donors (Lipinski definition) is 1. The molecule has 0 atom stereocenters. The number of nitrogens with zero attached hydrogens (tertiary/aromatic N) is 1. The number of amides is 2. The average Bonchev–Trinajstić information content (AvgIpc) is 2.99. The number of urea groups is 1. The fraction of sp³-hybridized carbons (Fsp3) is 0.900. The lowest BCUT2D eigenvalue weighted by Crippen LogP contribution is -2.43. The molecule has 0 spiro atoms. The molecule has 1 N–H and O–H groups in total. The first kappa shape index (κ1) is 11.3. The van der Waals surface area contributed by atoms with Crippen LogP contribution in [0.3, 0.4) is 0 Å². The molecule has 14 heavy (non-hydrogen) atoms. The first-order valence-corrected chi connectivity index (χ1v) is 5.33. The van der Waals surface area contributed by atoms with Gasteiger partial charge in [0.05, 0.1) is 6.61 Å². The molecule has 0 heterocycles. The van der Waals surface area contributed by atoms with E-state index in [1.54, 1.807) is 7.11 Å². The predicted octanol–water partition coefficient (Wildman–Crippen LogP) is 1.22. The van der Waals surface area contributed by atoms with Crippen molar-refractivity contribution in [2.24, 2.45) is 0 Å². The zero-order valence-electron chi connectivity index (χ0n) is 9.08. The van der Waals surface area contributed by atoms with Crippen molar-refractivity contribution in [1.82, 2.24) is 10.2 Å². The van der Waals surface area contributed by atoms with Gasteiger partial charge in [0.25, 0.3) is 0 Å². The summed E-state index contributed by atoms with van der Waals surface area (Å²) in [5, 5.41) is 2.89. The zero-order chi connectivity index (χ0) is 10.4. The topological polar surface area (TPSA) is 41.6 Å². The zero-order valence-corrected chi connectivity index (χ0v) is 9.08. The summed E-state index contributed by atoms with van der Waals surface area (Å²) in [6, 6.07) is 0.522. The SMILES string of the molecule is CCCNC(=O)N(CCOC)C1CC1. The van der Waals surface area contributed by atoms with Crippen molar-refractivity contribution in [3.8, 4) is 0 Å². The smallest absolute Gasteiger partial charge is 0.317 e. The maximum absolute atomic E-state index is 11.6. The Morgan fingerprint density at radius 2 is 2.29 bits per heavy atom. The third-order valence-corrected chi connectivity index (χ3v) is 2.31. The second-order valence-electron chi connectivity index (χ2n) is 3.65. The van der Waals surface area contributed by atoms with E-state index < -0.39 is 0 Å². The van der Waals surface area contributed by atoms with Crippen molar-refractivity contribution >= 4 is 6.03 Å². The van der Waals surface area contributed by atoms with Gasteiger partial charge in [0.1, 0.15) is 0 Å². The molecule has 4 nitrogen and oxygen atoms in total. The van der Waals surface area contributed by atoms with E-state index in [2.05, 4.69) is 12.2 Å². The van der Waals surface area contributed by atoms with Crippen molar-refractivity contribution in [2.75, 3.05) is 26.8 Å². The molecule has 0 bridgehead atoms. The molecule has 1 saturated carbocycles. The van der Waals surface area contributed by atoms with Gasteiger partial charge in [0.15, 0.2) is 0 Å². The van der Waals surface area contributed by atoms with Gasteiger partial charge >= 0.3 is 6.03 Å². The fourth-order valence-electron chi connectivity index (χ4n) is 1.36. The second-order valence-corrected chi connectivity index (χ2v) is 3.65. The summed E-state index contributed by atoms with van der Waals surface area (Å²) in [5.41, 5.74) is 0. The third-order valence-electron chi connectivity index (χ3n) is 2.31. The van der Waals surface area contributed by atoms with Crippen LogP contribution in [0.2, 0.25) is 0 Å². The van der Waals surface area contributed by atoms with Crippen LogP contribution in [0.1, 0.15) is 26.2 Å². The van der Waals surface area contributed by atoms with E-state index in [0.29, 0.717) is 19.2 Å². The van der Waals surface area contributed by atoms with Crippen LogP contribution in [-0.2, 0) is 4.74 Å². The van der Waals surface area contributed by atoms with Crippen LogP contribution >= 0.6 is 0 Å². The normalized spacial score (nSPS) is 15.3. The van der Waals surface area contributed by atoms with Crippen LogP contribution in [0, 0.1) is 0 Å². The van der Waals surface area contributed by atoms with Gasteiger partial charge in [-0.1, -0.05) is 6.92 Å². The molecule has 0 aliphatic heterocycles. The van der Waals surface area contributed by atoms with Crippen LogP contribution in [0.5, 0.6) is 0 Å². The Bertz CT molecular complexity index is 181. The van der Waals surface area contributed by atoms with E-state index in [9.17, 15) is 4.79 Å². The van der Waals surface area contributed by atoms with Gasteiger partial charge in [-0.25, -0.2) is 4.79 Å². The Kier molecular flexibility index (Phi) is 4.73. The largest absolute Gasteiger partial charge is 0.383 e. The molecular weight excluding hydrogens is 180 g/mol. The van der Waals surface area contributed by atoms with Gasteiger partial charge in [-0.05, 0) is 19.3 Å². The number of carbonyl (C=O) groups is 1. The first-order valence-electron chi connectivity index (χ1n) is 5.33. The van der Waals surface area contributed by atoms with Crippen molar-refractivity contribution in [3.63, 3.8) is 0 Å². The Morgan fingerprint density at radius 1 is 1.57 bits per heavy atom. The minimum absolute atomic E-state index is 0.0615.